The monoisotopic (exact) mass is 427 g/mol. The van der Waals surface area contributed by atoms with Crippen LogP contribution in [0.4, 0.5) is 0 Å². The number of carbonyl (C=O) groups is 1. The maximum absolute atomic E-state index is 13.6. The largest absolute Gasteiger partial charge is 0.493 e. The molecule has 0 aliphatic heterocycles. The number of nitrogens with zero attached hydrogens (tertiary/aromatic N) is 1. The highest BCUT2D eigenvalue weighted by atomic mass is 16.5. The Bertz CT molecular complexity index is 856. The van der Waals surface area contributed by atoms with E-state index in [0.717, 1.165) is 30.4 Å². The summed E-state index contributed by atoms with van der Waals surface area (Å²) in [5.41, 5.74) is 1.63. The van der Waals surface area contributed by atoms with E-state index in [4.69, 9.17) is 14.2 Å². The van der Waals surface area contributed by atoms with Crippen LogP contribution in [0.3, 0.4) is 0 Å². The molecule has 1 saturated carbocycles. The van der Waals surface area contributed by atoms with Gasteiger partial charge in [0.1, 0.15) is 0 Å². The van der Waals surface area contributed by atoms with Crippen LogP contribution in [0.15, 0.2) is 42.5 Å². The molecule has 0 saturated heterocycles. The molecule has 3 rings (SSSR count). The molecular weight excluding hydrogens is 394 g/mol. The summed E-state index contributed by atoms with van der Waals surface area (Å²) in [6, 6.07) is 12.8. The molecule has 1 aliphatic carbocycles. The van der Waals surface area contributed by atoms with Crippen LogP contribution in [-0.4, -0.2) is 50.3 Å². The van der Waals surface area contributed by atoms with Crippen molar-refractivity contribution in [3.8, 4) is 17.2 Å². The fourth-order valence-electron chi connectivity index (χ4n) is 3.96. The molecule has 2 aromatic carbocycles. The summed E-state index contributed by atoms with van der Waals surface area (Å²) in [5.74, 6) is 1.74. The first-order valence-corrected chi connectivity index (χ1v) is 10.7. The van der Waals surface area contributed by atoms with Gasteiger partial charge in [-0.3, -0.25) is 4.79 Å². The van der Waals surface area contributed by atoms with Crippen molar-refractivity contribution in [3.05, 3.63) is 53.6 Å². The number of methoxy groups -OCH3 is 3. The van der Waals surface area contributed by atoms with Crippen LogP contribution < -0.4 is 14.2 Å². The van der Waals surface area contributed by atoms with Gasteiger partial charge in [-0.25, -0.2) is 0 Å². The van der Waals surface area contributed by atoms with Crippen LogP contribution in [0.25, 0.3) is 0 Å². The number of carbonyl (C=O) groups excluding carboxylic acids is 1. The molecule has 1 N–H and O–H groups in total. The van der Waals surface area contributed by atoms with Gasteiger partial charge in [0.15, 0.2) is 11.5 Å². The highest BCUT2D eigenvalue weighted by Crippen LogP contribution is 2.44. The SMILES string of the molecule is COc1cc(C(CC2CC2)C(=O)N(C)[C@@H](C)[C@@H](O)c2ccccc2)cc(OC)c1OC. The van der Waals surface area contributed by atoms with E-state index in [1.165, 1.54) is 0 Å². The molecule has 0 spiro atoms. The standard InChI is InChI=1S/C25H33NO5/c1-16(23(27)18-9-7-6-8-10-18)26(2)25(28)20(13-17-11-12-17)19-14-21(29-3)24(31-5)22(15-19)30-4/h6-10,14-17,20,23,27H,11-13H2,1-5H3/t16-,20?,23+/m0/s1. The molecule has 0 aromatic heterocycles. The lowest BCUT2D eigenvalue weighted by atomic mass is 9.90. The van der Waals surface area contributed by atoms with Crippen molar-refractivity contribution in [1.82, 2.24) is 4.90 Å². The fraction of sp³-hybridized carbons (Fsp3) is 0.480. The first-order chi connectivity index (χ1) is 14.9. The van der Waals surface area contributed by atoms with Crippen molar-refractivity contribution in [3.63, 3.8) is 0 Å². The summed E-state index contributed by atoms with van der Waals surface area (Å²) < 4.78 is 16.4. The second-order valence-electron chi connectivity index (χ2n) is 8.24. The molecule has 1 aliphatic rings. The van der Waals surface area contributed by atoms with Gasteiger partial charge in [0.2, 0.25) is 11.7 Å². The predicted octanol–water partition coefficient (Wildman–Crippen LogP) is 4.18. The molecule has 0 heterocycles. The van der Waals surface area contributed by atoms with Crippen molar-refractivity contribution < 1.29 is 24.1 Å². The second-order valence-corrected chi connectivity index (χ2v) is 8.24. The Kier molecular flexibility index (Phi) is 7.44. The molecule has 31 heavy (non-hydrogen) atoms. The predicted molar refractivity (Wildman–Crippen MR) is 120 cm³/mol. The molecule has 0 bridgehead atoms. The van der Waals surface area contributed by atoms with Gasteiger partial charge < -0.3 is 24.2 Å². The smallest absolute Gasteiger partial charge is 0.230 e. The van der Waals surface area contributed by atoms with Crippen molar-refractivity contribution in [2.45, 2.75) is 44.2 Å². The Hall–Kier alpha value is -2.73. The summed E-state index contributed by atoms with van der Waals surface area (Å²) in [4.78, 5) is 15.3. The van der Waals surface area contributed by atoms with Gasteiger partial charge in [-0.05, 0) is 42.5 Å². The van der Waals surface area contributed by atoms with Crippen LogP contribution in [-0.2, 0) is 4.79 Å². The molecule has 6 nitrogen and oxygen atoms in total. The number of rotatable bonds is 10. The maximum Gasteiger partial charge on any atom is 0.230 e. The summed E-state index contributed by atoms with van der Waals surface area (Å²) in [6.07, 6.45) is 2.27. The van der Waals surface area contributed by atoms with Crippen molar-refractivity contribution in [2.24, 2.45) is 5.92 Å². The van der Waals surface area contributed by atoms with Gasteiger partial charge in [-0.15, -0.1) is 0 Å². The van der Waals surface area contributed by atoms with E-state index in [1.807, 2.05) is 49.4 Å². The molecular formula is C25H33NO5. The topological polar surface area (TPSA) is 68.2 Å². The van der Waals surface area contributed by atoms with Gasteiger partial charge in [-0.1, -0.05) is 43.2 Å². The van der Waals surface area contributed by atoms with E-state index in [2.05, 4.69) is 0 Å². The lowest BCUT2D eigenvalue weighted by Gasteiger charge is -2.32. The Morgan fingerprint density at radius 1 is 1.03 bits per heavy atom. The maximum atomic E-state index is 13.6. The summed E-state index contributed by atoms with van der Waals surface area (Å²) in [6.45, 7) is 1.87. The molecule has 1 unspecified atom stereocenters. The zero-order chi connectivity index (χ0) is 22.5. The molecule has 168 valence electrons. The molecule has 3 atom stereocenters. The van der Waals surface area contributed by atoms with E-state index in [-0.39, 0.29) is 17.9 Å². The minimum Gasteiger partial charge on any atom is -0.493 e. The van der Waals surface area contributed by atoms with E-state index in [0.29, 0.717) is 23.2 Å². The number of hydrogen-bond donors (Lipinski definition) is 1. The van der Waals surface area contributed by atoms with E-state index in [9.17, 15) is 9.90 Å². The lowest BCUT2D eigenvalue weighted by molar-refractivity contribution is -0.135. The van der Waals surface area contributed by atoms with Crippen molar-refractivity contribution >= 4 is 5.91 Å². The Morgan fingerprint density at radius 2 is 1.61 bits per heavy atom. The molecule has 2 aromatic rings. The van der Waals surface area contributed by atoms with Crippen LogP contribution in [0.2, 0.25) is 0 Å². The highest BCUT2D eigenvalue weighted by Gasteiger charge is 2.35. The minimum atomic E-state index is -0.767. The quantitative estimate of drug-likeness (QED) is 0.616. The number of ether oxygens (including phenoxy) is 3. The Labute approximate surface area is 184 Å². The third-order valence-electron chi connectivity index (χ3n) is 6.21. The molecule has 1 amide bonds. The Morgan fingerprint density at radius 3 is 2.10 bits per heavy atom. The number of benzene rings is 2. The van der Waals surface area contributed by atoms with Crippen LogP contribution >= 0.6 is 0 Å². The fourth-order valence-corrected chi connectivity index (χ4v) is 3.96. The van der Waals surface area contributed by atoms with Crippen molar-refractivity contribution in [2.75, 3.05) is 28.4 Å². The number of hydrogen-bond acceptors (Lipinski definition) is 5. The Balaban J connectivity index is 1.90. The molecule has 0 radical (unpaired) electrons. The highest BCUT2D eigenvalue weighted by molar-refractivity contribution is 5.84. The third-order valence-corrected chi connectivity index (χ3v) is 6.21. The van der Waals surface area contributed by atoms with Gasteiger partial charge in [0.05, 0.1) is 39.4 Å². The second kappa shape index (κ2) is 10.1. The molecule has 6 heteroatoms. The first kappa shape index (κ1) is 22.9. The van der Waals surface area contributed by atoms with Crippen LogP contribution in [0, 0.1) is 5.92 Å². The van der Waals surface area contributed by atoms with Gasteiger partial charge >= 0.3 is 0 Å². The number of likely N-dealkylation sites (N-methyl/N-ethyl adjacent to an activating group) is 1. The van der Waals surface area contributed by atoms with Gasteiger partial charge in [-0.2, -0.15) is 0 Å². The van der Waals surface area contributed by atoms with Gasteiger partial charge in [0, 0.05) is 7.05 Å². The van der Waals surface area contributed by atoms with E-state index >= 15 is 0 Å². The zero-order valence-corrected chi connectivity index (χ0v) is 19.0. The van der Waals surface area contributed by atoms with Crippen molar-refractivity contribution in [1.29, 1.82) is 0 Å². The summed E-state index contributed by atoms with van der Waals surface area (Å²) >= 11 is 0. The average Bonchev–Trinajstić information content (AvgIpc) is 3.64. The van der Waals surface area contributed by atoms with Crippen LogP contribution in [0.1, 0.15) is 49.3 Å². The number of amides is 1. The number of aliphatic hydroxyl groups excluding tert-OH is 1. The van der Waals surface area contributed by atoms with E-state index < -0.39 is 6.10 Å². The van der Waals surface area contributed by atoms with Gasteiger partial charge in [0.25, 0.3) is 0 Å². The number of aliphatic hydroxyl groups is 1. The summed E-state index contributed by atoms with van der Waals surface area (Å²) in [5, 5.41) is 10.8. The zero-order valence-electron chi connectivity index (χ0n) is 19.0. The van der Waals surface area contributed by atoms with Crippen LogP contribution in [0.5, 0.6) is 17.2 Å². The average molecular weight is 428 g/mol. The summed E-state index contributed by atoms with van der Waals surface area (Å²) in [7, 11) is 6.47. The molecule has 1 fully saturated rings. The minimum absolute atomic E-state index is 0.0244. The lowest BCUT2D eigenvalue weighted by Crippen LogP contribution is -2.41. The first-order valence-electron chi connectivity index (χ1n) is 10.7. The third kappa shape index (κ3) is 5.13. The normalized spacial score (nSPS) is 16.2. The van der Waals surface area contributed by atoms with E-state index in [1.54, 1.807) is 33.3 Å².